The van der Waals surface area contributed by atoms with Crippen LogP contribution in [0.1, 0.15) is 11.1 Å². The molecule has 0 spiro atoms. The third-order valence-electron chi connectivity index (χ3n) is 5.70. The van der Waals surface area contributed by atoms with Gasteiger partial charge >= 0.3 is 0 Å². The molecular weight excluding hydrogens is 542 g/mol. The van der Waals surface area contributed by atoms with Crippen molar-refractivity contribution in [3.63, 3.8) is 0 Å². The van der Waals surface area contributed by atoms with Crippen LogP contribution < -0.4 is 10.1 Å². The smallest absolute Gasteiger partial charge is 0.133 e. The van der Waals surface area contributed by atoms with Crippen molar-refractivity contribution in [3.05, 3.63) is 125 Å². The Morgan fingerprint density at radius 1 is 0.838 bits per heavy atom. The van der Waals surface area contributed by atoms with Gasteiger partial charge in [0.25, 0.3) is 0 Å². The number of halogens is 1. The highest BCUT2D eigenvalue weighted by molar-refractivity contribution is 9.10. The van der Waals surface area contributed by atoms with Crippen LogP contribution in [0.5, 0.6) is 5.75 Å². The summed E-state index contributed by atoms with van der Waals surface area (Å²) < 4.78 is 6.90. The summed E-state index contributed by atoms with van der Waals surface area (Å²) in [6.45, 7) is 3.08. The minimum atomic E-state index is 0.481. The number of benzene rings is 4. The number of hydrogen-bond acceptors (Lipinski definition) is 4. The van der Waals surface area contributed by atoms with Gasteiger partial charge in [0.2, 0.25) is 0 Å². The van der Waals surface area contributed by atoms with E-state index in [-0.39, 0.29) is 0 Å². The van der Waals surface area contributed by atoms with Crippen LogP contribution in [0.4, 0.5) is 5.00 Å². The maximum atomic E-state index is 5.88. The van der Waals surface area contributed by atoms with Crippen LogP contribution in [0, 0.1) is 6.92 Å². The summed E-state index contributed by atoms with van der Waals surface area (Å²) in [6.07, 6.45) is 0. The third kappa shape index (κ3) is 6.53. The largest absolute Gasteiger partial charge is 0.492 e. The van der Waals surface area contributed by atoms with Crippen molar-refractivity contribution in [3.8, 4) is 27.6 Å². The molecule has 0 atom stereocenters. The quantitative estimate of drug-likeness (QED) is 0.116. The maximum Gasteiger partial charge on any atom is 0.133 e. The van der Waals surface area contributed by atoms with Crippen LogP contribution in [0.2, 0.25) is 0 Å². The van der Waals surface area contributed by atoms with Gasteiger partial charge in [-0.1, -0.05) is 118 Å². The molecule has 0 radical (unpaired) electrons. The van der Waals surface area contributed by atoms with E-state index in [9.17, 15) is 0 Å². The number of ether oxygens (including phenoxy) is 1. The molecule has 1 aromatic heterocycles. The van der Waals surface area contributed by atoms with E-state index in [1.54, 1.807) is 11.3 Å². The van der Waals surface area contributed by atoms with Gasteiger partial charge in [0.15, 0.2) is 0 Å². The van der Waals surface area contributed by atoms with E-state index in [1.807, 2.05) is 60.7 Å². The zero-order valence-electron chi connectivity index (χ0n) is 20.4. The Bertz CT molecular complexity index is 1470. The molecule has 0 unspecified atom stereocenters. The zero-order chi connectivity index (χ0) is 25.5. The van der Waals surface area contributed by atoms with Crippen LogP contribution in [-0.2, 0) is 0 Å². The topological polar surface area (TPSA) is 46.5 Å². The normalized spacial score (nSPS) is 11.4. The van der Waals surface area contributed by atoms with E-state index in [0.717, 1.165) is 48.5 Å². The van der Waals surface area contributed by atoms with Gasteiger partial charge in [-0.15, -0.1) is 0 Å². The van der Waals surface area contributed by atoms with E-state index in [0.29, 0.717) is 13.2 Å². The third-order valence-corrected chi connectivity index (χ3v) is 7.24. The molecule has 0 saturated heterocycles. The molecule has 0 aliphatic heterocycles. The summed E-state index contributed by atoms with van der Waals surface area (Å²) in [7, 11) is 0. The van der Waals surface area contributed by atoms with Gasteiger partial charge in [-0.25, -0.2) is 4.98 Å². The molecule has 0 fully saturated rings. The number of thiazole rings is 1. The Morgan fingerprint density at radius 3 is 2.22 bits per heavy atom. The maximum absolute atomic E-state index is 5.88. The summed E-state index contributed by atoms with van der Waals surface area (Å²) >= 11 is 5.17. The monoisotopic (exact) mass is 567 g/mol. The van der Waals surface area contributed by atoms with Gasteiger partial charge in [-0.05, 0) is 31.2 Å². The van der Waals surface area contributed by atoms with Crippen molar-refractivity contribution in [1.82, 2.24) is 4.98 Å². The molecule has 0 aliphatic carbocycles. The second-order valence-corrected chi connectivity index (χ2v) is 10.4. The molecule has 1 N–H and O–H groups in total. The minimum absolute atomic E-state index is 0.481. The Balaban J connectivity index is 1.48. The number of hydrogen-bond donors (Lipinski definition) is 1. The van der Waals surface area contributed by atoms with Crippen molar-refractivity contribution in [2.75, 3.05) is 18.5 Å². The van der Waals surface area contributed by atoms with Gasteiger partial charge in [0.05, 0.1) is 6.54 Å². The van der Waals surface area contributed by atoms with E-state index < -0.39 is 0 Å². The molecule has 184 valence electrons. The first-order valence-corrected chi connectivity index (χ1v) is 13.7. The summed E-state index contributed by atoms with van der Waals surface area (Å²) in [5, 5.41) is 5.53. The molecule has 37 heavy (non-hydrogen) atoms. The lowest BCUT2D eigenvalue weighted by Crippen LogP contribution is -2.15. The van der Waals surface area contributed by atoms with E-state index >= 15 is 0 Å². The van der Waals surface area contributed by atoms with Crippen LogP contribution in [0.3, 0.4) is 0 Å². The predicted molar refractivity (Wildman–Crippen MR) is 159 cm³/mol. The number of aliphatic imine (C=N–C) groups is 1. The Morgan fingerprint density at radius 2 is 1.51 bits per heavy atom. The standard InChI is InChI=1S/C31H26BrN3OS/c1-22-12-14-23(15-13-22)28-31(37-30(34-28)25-8-4-2-5-9-25)35-29(24-16-18-26(32)19-17-24)33-20-21-36-27-10-6-3-7-11-27/h2-19H,20-21H2,1H3,(H,33,35). The second-order valence-electron chi connectivity index (χ2n) is 8.45. The lowest BCUT2D eigenvalue weighted by molar-refractivity contribution is 0.329. The van der Waals surface area contributed by atoms with Crippen LogP contribution >= 0.6 is 27.3 Å². The van der Waals surface area contributed by atoms with Gasteiger partial charge in [-0.2, -0.15) is 0 Å². The number of nitrogens with one attached hydrogen (secondary N) is 1. The Labute approximate surface area is 229 Å². The SMILES string of the molecule is Cc1ccc(-c2nc(-c3ccccc3)sc2NC(=NCCOc2ccccc2)c2ccc(Br)cc2)cc1. The average molecular weight is 569 g/mol. The lowest BCUT2D eigenvalue weighted by Gasteiger charge is -2.11. The van der Waals surface area contributed by atoms with Crippen molar-refractivity contribution in [1.29, 1.82) is 0 Å². The number of rotatable bonds is 8. The number of aryl methyl sites for hydroxylation is 1. The van der Waals surface area contributed by atoms with Crippen LogP contribution in [0.15, 0.2) is 119 Å². The molecule has 0 aliphatic rings. The highest BCUT2D eigenvalue weighted by atomic mass is 79.9. The summed E-state index contributed by atoms with van der Waals surface area (Å²) in [4.78, 5) is 9.96. The molecule has 4 aromatic carbocycles. The highest BCUT2D eigenvalue weighted by Crippen LogP contribution is 2.38. The minimum Gasteiger partial charge on any atom is -0.492 e. The fraction of sp³-hybridized carbons (Fsp3) is 0.0968. The highest BCUT2D eigenvalue weighted by Gasteiger charge is 2.17. The number of anilines is 1. The van der Waals surface area contributed by atoms with Crippen molar-refractivity contribution >= 4 is 38.1 Å². The molecule has 0 saturated carbocycles. The zero-order valence-corrected chi connectivity index (χ0v) is 22.8. The number of amidine groups is 1. The van der Waals surface area contributed by atoms with Crippen molar-refractivity contribution in [2.45, 2.75) is 6.92 Å². The van der Waals surface area contributed by atoms with Gasteiger partial charge in [0.1, 0.15) is 33.9 Å². The van der Waals surface area contributed by atoms with E-state index in [2.05, 4.69) is 76.7 Å². The molecule has 5 aromatic rings. The van der Waals surface area contributed by atoms with E-state index in [4.69, 9.17) is 14.7 Å². The Hall–Kier alpha value is -3.74. The predicted octanol–water partition coefficient (Wildman–Crippen LogP) is 8.49. The Kier molecular flexibility index (Phi) is 8.08. The second kappa shape index (κ2) is 12.0. The summed E-state index contributed by atoms with van der Waals surface area (Å²) in [6, 6.07) is 36.7. The van der Waals surface area contributed by atoms with Crippen LogP contribution in [-0.4, -0.2) is 24.0 Å². The number of para-hydroxylation sites is 1. The molecule has 6 heteroatoms. The fourth-order valence-electron chi connectivity index (χ4n) is 3.77. The first-order valence-electron chi connectivity index (χ1n) is 12.0. The van der Waals surface area contributed by atoms with Crippen molar-refractivity contribution in [2.24, 2.45) is 4.99 Å². The van der Waals surface area contributed by atoms with Crippen LogP contribution in [0.25, 0.3) is 21.8 Å². The van der Waals surface area contributed by atoms with Gasteiger partial charge < -0.3 is 10.1 Å². The van der Waals surface area contributed by atoms with Gasteiger partial charge in [0, 0.05) is 21.2 Å². The summed E-state index contributed by atoms with van der Waals surface area (Å²) in [5.41, 5.74) is 5.27. The number of nitrogens with zero attached hydrogens (tertiary/aromatic N) is 2. The molecule has 0 amide bonds. The van der Waals surface area contributed by atoms with Gasteiger partial charge in [-0.3, -0.25) is 4.99 Å². The average Bonchev–Trinajstić information content (AvgIpc) is 3.36. The fourth-order valence-corrected chi connectivity index (χ4v) is 5.03. The lowest BCUT2D eigenvalue weighted by atomic mass is 10.1. The first-order chi connectivity index (χ1) is 18.2. The number of aromatic nitrogens is 1. The van der Waals surface area contributed by atoms with E-state index in [1.165, 1.54) is 5.56 Å². The first kappa shape index (κ1) is 24.9. The molecule has 5 rings (SSSR count). The molecule has 1 heterocycles. The summed E-state index contributed by atoms with van der Waals surface area (Å²) in [5.74, 6) is 1.62. The molecular formula is C31H26BrN3OS. The van der Waals surface area contributed by atoms with Crippen molar-refractivity contribution < 1.29 is 4.74 Å². The molecule has 4 nitrogen and oxygen atoms in total. The molecule has 0 bridgehead atoms.